The van der Waals surface area contributed by atoms with Crippen molar-refractivity contribution in [3.05, 3.63) is 69.6 Å². The third kappa shape index (κ3) is 4.94. The number of hydrogen-bond donors (Lipinski definition) is 1. The molecule has 28 heavy (non-hydrogen) atoms. The molecule has 1 heterocycles. The minimum Gasteiger partial charge on any atom is -0.492 e. The number of carbonyl (C=O) groups is 3. The van der Waals surface area contributed by atoms with E-state index in [9.17, 15) is 14.4 Å². The summed E-state index contributed by atoms with van der Waals surface area (Å²) in [7, 11) is 0. The van der Waals surface area contributed by atoms with Crippen LogP contribution in [-0.2, 0) is 16.1 Å². The van der Waals surface area contributed by atoms with E-state index in [1.807, 2.05) is 0 Å². The molecule has 8 heteroatoms. The molecule has 144 valence electrons. The van der Waals surface area contributed by atoms with E-state index in [2.05, 4.69) is 0 Å². The lowest BCUT2D eigenvalue weighted by Crippen LogP contribution is -2.27. The van der Waals surface area contributed by atoms with Crippen LogP contribution in [0.4, 0.5) is 4.79 Å². The number of carboxylic acid groups (broad SMARTS) is 1. The molecule has 0 unspecified atom stereocenters. The molecule has 1 fully saturated rings. The van der Waals surface area contributed by atoms with Crippen LogP contribution in [0.3, 0.4) is 0 Å². The highest BCUT2D eigenvalue weighted by Crippen LogP contribution is 2.35. The van der Waals surface area contributed by atoms with E-state index in [4.69, 9.17) is 21.4 Å². The summed E-state index contributed by atoms with van der Waals surface area (Å²) >= 11 is 6.72. The Hall–Kier alpha value is -2.77. The number of carboxylic acids is 1. The van der Waals surface area contributed by atoms with Gasteiger partial charge in [0.05, 0.1) is 24.5 Å². The van der Waals surface area contributed by atoms with Gasteiger partial charge in [0.1, 0.15) is 5.75 Å². The lowest BCUT2D eigenvalue weighted by molar-refractivity contribution is -0.137. The van der Waals surface area contributed by atoms with Crippen molar-refractivity contribution in [2.24, 2.45) is 0 Å². The fraction of sp³-hybridized carbons (Fsp3) is 0.150. The smallest absolute Gasteiger partial charge is 0.306 e. The van der Waals surface area contributed by atoms with Gasteiger partial charge < -0.3 is 9.84 Å². The summed E-state index contributed by atoms with van der Waals surface area (Å²) in [5, 5.41) is 8.96. The van der Waals surface area contributed by atoms with E-state index >= 15 is 0 Å². The molecule has 2 amide bonds. The van der Waals surface area contributed by atoms with Gasteiger partial charge in [0, 0.05) is 10.6 Å². The van der Waals surface area contributed by atoms with Gasteiger partial charge in [0.25, 0.3) is 11.1 Å². The fourth-order valence-corrected chi connectivity index (χ4v) is 3.48. The SMILES string of the molecule is O=C(O)CCOc1ccccc1/C=C1/SC(=O)N(Cc2ccc(Cl)cc2)C1=O. The maximum Gasteiger partial charge on any atom is 0.306 e. The van der Waals surface area contributed by atoms with Gasteiger partial charge in [-0.1, -0.05) is 41.9 Å². The molecular formula is C20H16ClNO5S. The van der Waals surface area contributed by atoms with E-state index in [1.54, 1.807) is 54.6 Å². The van der Waals surface area contributed by atoms with Gasteiger partial charge in [-0.25, -0.2) is 0 Å². The molecule has 1 aliphatic heterocycles. The normalized spacial score (nSPS) is 15.3. The van der Waals surface area contributed by atoms with Crippen molar-refractivity contribution in [2.75, 3.05) is 6.61 Å². The number of nitrogens with zero attached hydrogens (tertiary/aromatic N) is 1. The zero-order valence-electron chi connectivity index (χ0n) is 14.6. The quantitative estimate of drug-likeness (QED) is 0.671. The van der Waals surface area contributed by atoms with Crippen molar-refractivity contribution < 1.29 is 24.2 Å². The Morgan fingerprint density at radius 3 is 2.57 bits per heavy atom. The molecule has 0 aromatic heterocycles. The molecule has 0 spiro atoms. The maximum atomic E-state index is 12.7. The van der Waals surface area contributed by atoms with Crippen LogP contribution >= 0.6 is 23.4 Å². The molecule has 0 atom stereocenters. The van der Waals surface area contributed by atoms with E-state index in [1.165, 1.54) is 4.90 Å². The van der Waals surface area contributed by atoms with Crippen LogP contribution < -0.4 is 4.74 Å². The van der Waals surface area contributed by atoms with Crippen LogP contribution in [-0.4, -0.2) is 33.7 Å². The Morgan fingerprint density at radius 1 is 1.14 bits per heavy atom. The zero-order valence-corrected chi connectivity index (χ0v) is 16.2. The Bertz CT molecular complexity index is 942. The molecule has 2 aromatic carbocycles. The second-order valence-corrected chi connectivity index (χ2v) is 7.35. The van der Waals surface area contributed by atoms with Gasteiger partial charge in [-0.3, -0.25) is 19.3 Å². The number of halogens is 1. The maximum absolute atomic E-state index is 12.7. The van der Waals surface area contributed by atoms with Crippen LogP contribution in [0.25, 0.3) is 6.08 Å². The van der Waals surface area contributed by atoms with Crippen LogP contribution in [0.2, 0.25) is 5.02 Å². The van der Waals surface area contributed by atoms with Crippen LogP contribution in [0.15, 0.2) is 53.4 Å². The summed E-state index contributed by atoms with van der Waals surface area (Å²) in [6, 6.07) is 13.9. The van der Waals surface area contributed by atoms with Crippen LogP contribution in [0, 0.1) is 0 Å². The third-order valence-electron chi connectivity index (χ3n) is 3.91. The van der Waals surface area contributed by atoms with E-state index in [0.717, 1.165) is 17.3 Å². The van der Waals surface area contributed by atoms with Crippen LogP contribution in [0.5, 0.6) is 5.75 Å². The summed E-state index contributed by atoms with van der Waals surface area (Å²) in [5.41, 5.74) is 1.40. The standard InChI is InChI=1S/C20H16ClNO5S/c21-15-7-5-13(6-8-15)12-22-19(25)17(28-20(22)26)11-14-3-1-2-4-16(14)27-10-9-18(23)24/h1-8,11H,9-10,12H2,(H,23,24)/b17-11+. The van der Waals surface area contributed by atoms with Crippen molar-refractivity contribution >= 4 is 46.6 Å². The average molecular weight is 418 g/mol. The number of aliphatic carboxylic acids is 1. The summed E-state index contributed by atoms with van der Waals surface area (Å²) in [6.45, 7) is 0.175. The monoisotopic (exact) mass is 417 g/mol. The first-order valence-corrected chi connectivity index (χ1v) is 9.57. The van der Waals surface area contributed by atoms with Crippen LogP contribution in [0.1, 0.15) is 17.5 Å². The van der Waals surface area contributed by atoms with E-state index in [0.29, 0.717) is 16.3 Å². The summed E-state index contributed by atoms with van der Waals surface area (Å²) in [4.78, 5) is 37.1. The number of rotatable bonds is 7. The molecule has 1 saturated heterocycles. The van der Waals surface area contributed by atoms with Crippen molar-refractivity contribution in [3.63, 3.8) is 0 Å². The number of para-hydroxylation sites is 1. The minimum absolute atomic E-state index is 0.0121. The van der Waals surface area contributed by atoms with Crippen molar-refractivity contribution in [1.82, 2.24) is 4.90 Å². The Kier molecular flexibility index (Phi) is 6.38. The highest BCUT2D eigenvalue weighted by atomic mass is 35.5. The number of amides is 2. The largest absolute Gasteiger partial charge is 0.492 e. The van der Waals surface area contributed by atoms with E-state index in [-0.39, 0.29) is 35.6 Å². The summed E-state index contributed by atoms with van der Waals surface area (Å²) in [6.07, 6.45) is 1.45. The highest BCUT2D eigenvalue weighted by Gasteiger charge is 2.35. The second-order valence-electron chi connectivity index (χ2n) is 5.92. The molecule has 6 nitrogen and oxygen atoms in total. The Labute approximate surface area is 170 Å². The molecule has 0 radical (unpaired) electrons. The first kappa shape index (κ1) is 20.0. The number of imide groups is 1. The molecule has 0 bridgehead atoms. The first-order valence-electron chi connectivity index (χ1n) is 8.37. The number of carbonyl (C=O) groups excluding carboxylic acids is 2. The van der Waals surface area contributed by atoms with Gasteiger partial charge in [-0.05, 0) is 41.6 Å². The number of ether oxygens (including phenoxy) is 1. The lowest BCUT2D eigenvalue weighted by atomic mass is 10.1. The molecule has 1 aliphatic rings. The Morgan fingerprint density at radius 2 is 1.86 bits per heavy atom. The van der Waals surface area contributed by atoms with Gasteiger partial charge >= 0.3 is 5.97 Å². The number of hydrogen-bond acceptors (Lipinski definition) is 5. The van der Waals surface area contributed by atoms with Gasteiger partial charge in [-0.15, -0.1) is 0 Å². The predicted molar refractivity (Wildman–Crippen MR) is 107 cm³/mol. The number of benzene rings is 2. The average Bonchev–Trinajstić information content (AvgIpc) is 2.92. The molecule has 0 saturated carbocycles. The lowest BCUT2D eigenvalue weighted by Gasteiger charge is -2.12. The summed E-state index contributed by atoms with van der Waals surface area (Å²) in [5.74, 6) is -0.890. The van der Waals surface area contributed by atoms with Gasteiger partial charge in [0.2, 0.25) is 0 Å². The second kappa shape index (κ2) is 8.95. The van der Waals surface area contributed by atoms with Crippen molar-refractivity contribution in [3.8, 4) is 5.75 Å². The highest BCUT2D eigenvalue weighted by molar-refractivity contribution is 8.18. The molecule has 2 aromatic rings. The predicted octanol–water partition coefficient (Wildman–Crippen LogP) is 4.43. The topological polar surface area (TPSA) is 83.9 Å². The molecule has 1 N–H and O–H groups in total. The minimum atomic E-state index is -0.958. The molecule has 0 aliphatic carbocycles. The third-order valence-corrected chi connectivity index (χ3v) is 5.07. The number of thioether (sulfide) groups is 1. The first-order chi connectivity index (χ1) is 13.4. The van der Waals surface area contributed by atoms with Gasteiger partial charge in [0.15, 0.2) is 0 Å². The van der Waals surface area contributed by atoms with Crippen molar-refractivity contribution in [1.29, 1.82) is 0 Å². The Balaban J connectivity index is 1.76. The zero-order chi connectivity index (χ0) is 20.1. The fourth-order valence-electron chi connectivity index (χ4n) is 2.53. The van der Waals surface area contributed by atoms with Crippen molar-refractivity contribution in [2.45, 2.75) is 13.0 Å². The van der Waals surface area contributed by atoms with Gasteiger partial charge in [-0.2, -0.15) is 0 Å². The molecule has 3 rings (SSSR count). The molecular weight excluding hydrogens is 402 g/mol. The summed E-state index contributed by atoms with van der Waals surface area (Å²) < 4.78 is 5.50. The van der Waals surface area contributed by atoms with E-state index < -0.39 is 5.97 Å².